The van der Waals surface area contributed by atoms with E-state index in [0.717, 1.165) is 5.56 Å². The van der Waals surface area contributed by atoms with Crippen LogP contribution in [0.3, 0.4) is 0 Å². The molecule has 0 fully saturated rings. The summed E-state index contributed by atoms with van der Waals surface area (Å²) in [5.74, 6) is 0.790. The van der Waals surface area contributed by atoms with Crippen molar-refractivity contribution in [3.8, 4) is 11.5 Å². The standard InChI is InChI=1S/C21H18O5/c1-3-25-19-11-9-14(12-20(19)24-2)8-10-17(22)16-13-15-6-4-5-7-18(15)26-21(16)23/h4-13H,3H2,1-2H3/b10-8+. The maximum atomic E-state index is 12.4. The molecule has 5 nitrogen and oxygen atoms in total. The van der Waals surface area contributed by atoms with Crippen LogP contribution in [0.4, 0.5) is 0 Å². The lowest BCUT2D eigenvalue weighted by molar-refractivity contribution is 0.104. The van der Waals surface area contributed by atoms with Gasteiger partial charge in [-0.05, 0) is 42.8 Å². The summed E-state index contributed by atoms with van der Waals surface area (Å²) in [6.45, 7) is 2.42. The third-order valence-electron chi connectivity index (χ3n) is 3.82. The number of ether oxygens (including phenoxy) is 2. The number of hydrogen-bond acceptors (Lipinski definition) is 5. The fourth-order valence-corrected chi connectivity index (χ4v) is 2.56. The molecule has 0 bridgehead atoms. The largest absolute Gasteiger partial charge is 0.493 e. The maximum Gasteiger partial charge on any atom is 0.347 e. The van der Waals surface area contributed by atoms with E-state index in [-0.39, 0.29) is 5.56 Å². The van der Waals surface area contributed by atoms with Crippen LogP contribution >= 0.6 is 0 Å². The number of hydrogen-bond donors (Lipinski definition) is 0. The zero-order valence-corrected chi connectivity index (χ0v) is 14.5. The Labute approximate surface area is 150 Å². The molecule has 0 aliphatic rings. The molecule has 0 unspecified atom stereocenters. The minimum Gasteiger partial charge on any atom is -0.493 e. The van der Waals surface area contributed by atoms with Gasteiger partial charge in [0.25, 0.3) is 0 Å². The van der Waals surface area contributed by atoms with Gasteiger partial charge in [0, 0.05) is 5.39 Å². The zero-order valence-electron chi connectivity index (χ0n) is 14.5. The highest BCUT2D eigenvalue weighted by Gasteiger charge is 2.11. The van der Waals surface area contributed by atoms with E-state index in [1.165, 1.54) is 6.08 Å². The van der Waals surface area contributed by atoms with Crippen molar-refractivity contribution in [3.63, 3.8) is 0 Å². The number of fused-ring (bicyclic) bond motifs is 1. The molecular formula is C21H18O5. The van der Waals surface area contributed by atoms with E-state index in [1.807, 2.05) is 13.0 Å². The fraction of sp³-hybridized carbons (Fsp3) is 0.143. The van der Waals surface area contributed by atoms with Gasteiger partial charge in [0.2, 0.25) is 0 Å². The molecule has 0 amide bonds. The molecule has 1 heterocycles. The Hall–Kier alpha value is -3.34. The Morgan fingerprint density at radius 1 is 1.12 bits per heavy atom. The molecule has 3 aromatic rings. The van der Waals surface area contributed by atoms with Crippen LogP contribution in [0.2, 0.25) is 0 Å². The second-order valence-corrected chi connectivity index (χ2v) is 5.53. The van der Waals surface area contributed by atoms with Gasteiger partial charge in [0.1, 0.15) is 11.1 Å². The first-order valence-electron chi connectivity index (χ1n) is 8.18. The van der Waals surface area contributed by atoms with Crippen molar-refractivity contribution in [2.75, 3.05) is 13.7 Å². The first-order chi connectivity index (χ1) is 12.6. The van der Waals surface area contributed by atoms with Gasteiger partial charge in [-0.3, -0.25) is 4.79 Å². The summed E-state index contributed by atoms with van der Waals surface area (Å²) in [7, 11) is 1.55. The minimum atomic E-state index is -0.650. The highest BCUT2D eigenvalue weighted by Crippen LogP contribution is 2.28. The summed E-state index contributed by atoms with van der Waals surface area (Å²) in [6, 6.07) is 14.0. The van der Waals surface area contributed by atoms with Crippen LogP contribution in [0.1, 0.15) is 22.8 Å². The predicted octanol–water partition coefficient (Wildman–Crippen LogP) is 4.10. The van der Waals surface area contributed by atoms with Crippen molar-refractivity contribution < 1.29 is 18.7 Å². The van der Waals surface area contributed by atoms with Crippen molar-refractivity contribution in [1.29, 1.82) is 0 Å². The van der Waals surface area contributed by atoms with E-state index in [2.05, 4.69) is 0 Å². The maximum absolute atomic E-state index is 12.4. The average Bonchev–Trinajstić information content (AvgIpc) is 2.66. The molecule has 0 aliphatic heterocycles. The molecule has 132 valence electrons. The molecule has 0 atom stereocenters. The molecule has 0 saturated carbocycles. The van der Waals surface area contributed by atoms with E-state index in [1.54, 1.807) is 55.7 Å². The normalized spacial score (nSPS) is 11.0. The van der Waals surface area contributed by atoms with E-state index >= 15 is 0 Å². The molecule has 26 heavy (non-hydrogen) atoms. The van der Waals surface area contributed by atoms with E-state index in [4.69, 9.17) is 13.9 Å². The molecule has 0 radical (unpaired) electrons. The highest BCUT2D eigenvalue weighted by molar-refractivity contribution is 6.07. The number of carbonyl (C=O) groups is 1. The summed E-state index contributed by atoms with van der Waals surface area (Å²) in [4.78, 5) is 24.4. The van der Waals surface area contributed by atoms with Crippen LogP contribution in [-0.4, -0.2) is 19.5 Å². The molecule has 0 saturated heterocycles. The second kappa shape index (κ2) is 7.70. The number of benzene rings is 2. The Morgan fingerprint density at radius 2 is 1.92 bits per heavy atom. The van der Waals surface area contributed by atoms with Crippen LogP contribution < -0.4 is 15.1 Å². The number of carbonyl (C=O) groups excluding carboxylic acids is 1. The first kappa shape index (κ1) is 17.5. The lowest BCUT2D eigenvalue weighted by atomic mass is 10.1. The molecule has 1 aromatic heterocycles. The van der Waals surface area contributed by atoms with Gasteiger partial charge in [-0.15, -0.1) is 0 Å². The van der Waals surface area contributed by atoms with Gasteiger partial charge >= 0.3 is 5.63 Å². The number of ketones is 1. The molecule has 0 aliphatic carbocycles. The SMILES string of the molecule is CCOc1ccc(/C=C/C(=O)c2cc3ccccc3oc2=O)cc1OC. The monoisotopic (exact) mass is 350 g/mol. The summed E-state index contributed by atoms with van der Waals surface area (Å²) < 4.78 is 16.0. The molecule has 0 spiro atoms. The number of allylic oxidation sites excluding steroid dienone is 1. The summed E-state index contributed by atoms with van der Waals surface area (Å²) >= 11 is 0. The average molecular weight is 350 g/mol. The van der Waals surface area contributed by atoms with E-state index in [0.29, 0.717) is 29.1 Å². The van der Waals surface area contributed by atoms with Crippen LogP contribution in [0, 0.1) is 0 Å². The summed E-state index contributed by atoms with van der Waals surface area (Å²) in [5, 5.41) is 0.701. The Kier molecular flexibility index (Phi) is 5.17. The topological polar surface area (TPSA) is 65.7 Å². The quantitative estimate of drug-likeness (QED) is 0.380. The molecule has 2 aromatic carbocycles. The van der Waals surface area contributed by atoms with Gasteiger partial charge in [-0.1, -0.05) is 30.3 Å². The van der Waals surface area contributed by atoms with E-state index < -0.39 is 11.4 Å². The van der Waals surface area contributed by atoms with Gasteiger partial charge < -0.3 is 13.9 Å². The van der Waals surface area contributed by atoms with Crippen molar-refractivity contribution >= 4 is 22.8 Å². The third-order valence-corrected chi connectivity index (χ3v) is 3.82. The van der Waals surface area contributed by atoms with Gasteiger partial charge in [0.05, 0.1) is 13.7 Å². The van der Waals surface area contributed by atoms with Crippen LogP contribution in [0.15, 0.2) is 63.8 Å². The number of para-hydroxylation sites is 1. The summed E-state index contributed by atoms with van der Waals surface area (Å²) in [5.41, 5.74) is 0.554. The third kappa shape index (κ3) is 3.67. The Balaban J connectivity index is 1.88. The first-order valence-corrected chi connectivity index (χ1v) is 8.18. The predicted molar refractivity (Wildman–Crippen MR) is 100 cm³/mol. The van der Waals surface area contributed by atoms with E-state index in [9.17, 15) is 9.59 Å². The fourth-order valence-electron chi connectivity index (χ4n) is 2.56. The van der Waals surface area contributed by atoms with Gasteiger partial charge in [-0.2, -0.15) is 0 Å². The van der Waals surface area contributed by atoms with Gasteiger partial charge in [-0.25, -0.2) is 4.79 Å². The van der Waals surface area contributed by atoms with Crippen molar-refractivity contribution in [1.82, 2.24) is 0 Å². The van der Waals surface area contributed by atoms with Crippen LogP contribution in [-0.2, 0) is 0 Å². The van der Waals surface area contributed by atoms with Gasteiger partial charge in [0.15, 0.2) is 17.3 Å². The minimum absolute atomic E-state index is 0.00199. The highest BCUT2D eigenvalue weighted by atomic mass is 16.5. The van der Waals surface area contributed by atoms with Crippen molar-refractivity contribution in [3.05, 3.63) is 76.2 Å². The van der Waals surface area contributed by atoms with Crippen molar-refractivity contribution in [2.45, 2.75) is 6.92 Å². The zero-order chi connectivity index (χ0) is 18.5. The van der Waals surface area contributed by atoms with Crippen LogP contribution in [0.5, 0.6) is 11.5 Å². The second-order valence-electron chi connectivity index (χ2n) is 5.53. The molecule has 5 heteroatoms. The van der Waals surface area contributed by atoms with Crippen LogP contribution in [0.25, 0.3) is 17.0 Å². The lowest BCUT2D eigenvalue weighted by Gasteiger charge is -2.09. The Morgan fingerprint density at radius 3 is 2.69 bits per heavy atom. The molecule has 3 rings (SSSR count). The molecular weight excluding hydrogens is 332 g/mol. The smallest absolute Gasteiger partial charge is 0.347 e. The number of methoxy groups -OCH3 is 1. The van der Waals surface area contributed by atoms with Crippen molar-refractivity contribution in [2.24, 2.45) is 0 Å². The summed E-state index contributed by atoms with van der Waals surface area (Å²) in [6.07, 6.45) is 2.96. The Bertz CT molecular complexity index is 1030. The number of rotatable bonds is 6. The lowest BCUT2D eigenvalue weighted by Crippen LogP contribution is -2.11. The molecule has 0 N–H and O–H groups in total.